The summed E-state index contributed by atoms with van der Waals surface area (Å²) in [5.41, 5.74) is 3.86. The number of likely N-dealkylation sites (N-methyl/N-ethyl adjacent to an activating group) is 1. The average Bonchev–Trinajstić information content (AvgIpc) is 2.78. The highest BCUT2D eigenvalue weighted by Gasteiger charge is 2.28. The lowest BCUT2D eigenvalue weighted by Gasteiger charge is -2.33. The molecule has 0 saturated heterocycles. The summed E-state index contributed by atoms with van der Waals surface area (Å²) in [6, 6.07) is 16.9. The van der Waals surface area contributed by atoms with Gasteiger partial charge in [0.1, 0.15) is 0 Å². The van der Waals surface area contributed by atoms with Gasteiger partial charge in [-0.1, -0.05) is 47.5 Å². The van der Waals surface area contributed by atoms with Crippen LogP contribution in [-0.2, 0) is 32.3 Å². The van der Waals surface area contributed by atoms with Gasteiger partial charge in [-0.05, 0) is 65.7 Å². The van der Waals surface area contributed by atoms with Gasteiger partial charge in [-0.25, -0.2) is 8.42 Å². The Hall–Kier alpha value is -1.90. The summed E-state index contributed by atoms with van der Waals surface area (Å²) in [4.78, 5) is 11.1. The zero-order valence-electron chi connectivity index (χ0n) is 18.2. The first kappa shape index (κ1) is 25.2. The van der Waals surface area contributed by atoms with E-state index in [0.29, 0.717) is 34.4 Å². The zero-order chi connectivity index (χ0) is 24.5. The van der Waals surface area contributed by atoms with E-state index in [9.17, 15) is 13.0 Å². The van der Waals surface area contributed by atoms with Crippen molar-refractivity contribution in [3.63, 3.8) is 0 Å². The second-order valence-corrected chi connectivity index (χ2v) is 11.5. The quantitative estimate of drug-likeness (QED) is 0.396. The Labute approximate surface area is 209 Å². The van der Waals surface area contributed by atoms with Crippen LogP contribution >= 0.6 is 31.5 Å². The van der Waals surface area contributed by atoms with Gasteiger partial charge in [0.25, 0.3) is 10.0 Å². The number of nitrogens with zero attached hydrogens (tertiary/aromatic N) is 1. The number of nitrogens with one attached hydrogen (secondary N) is 1. The lowest BCUT2D eigenvalue weighted by atomic mass is 9.85. The maximum Gasteiger partial charge on any atom is 0.316 e. The minimum absolute atomic E-state index is 0.0330. The average molecular weight is 541 g/mol. The molecule has 0 bridgehead atoms. The van der Waals surface area contributed by atoms with Crippen molar-refractivity contribution in [2.75, 3.05) is 18.3 Å². The predicted molar refractivity (Wildman–Crippen MR) is 134 cm³/mol. The Morgan fingerprint density at radius 2 is 1.88 bits per heavy atom. The van der Waals surface area contributed by atoms with Crippen molar-refractivity contribution in [1.29, 1.82) is 0 Å². The molecule has 0 spiro atoms. The summed E-state index contributed by atoms with van der Waals surface area (Å²) >= 11 is 12.7. The molecule has 3 aromatic rings. The summed E-state index contributed by atoms with van der Waals surface area (Å²) in [7, 11) is -4.88. The van der Waals surface area contributed by atoms with Crippen LogP contribution in [0.4, 0.5) is 5.69 Å². The first-order valence-corrected chi connectivity index (χ1v) is 13.9. The topological polar surface area (TPSA) is 95.9 Å². The maximum absolute atomic E-state index is 13.1. The second-order valence-electron chi connectivity index (χ2n) is 8.13. The van der Waals surface area contributed by atoms with Crippen molar-refractivity contribution in [2.45, 2.75) is 24.0 Å². The fourth-order valence-electron chi connectivity index (χ4n) is 4.06. The molecule has 4 rings (SSSR count). The normalized spacial score (nSPS) is 17.2. The number of hydrogen-bond donors (Lipinski definition) is 2. The van der Waals surface area contributed by atoms with E-state index in [0.717, 1.165) is 16.7 Å². The largest absolute Gasteiger partial charge is 0.326 e. The van der Waals surface area contributed by atoms with Crippen molar-refractivity contribution >= 4 is 47.2 Å². The fourth-order valence-corrected chi connectivity index (χ4v) is 6.03. The van der Waals surface area contributed by atoms with E-state index < -0.39 is 18.3 Å². The third kappa shape index (κ3) is 5.83. The molecule has 1 aliphatic rings. The van der Waals surface area contributed by atoms with Gasteiger partial charge < -0.3 is 14.3 Å². The van der Waals surface area contributed by atoms with Crippen LogP contribution in [-0.4, -0.2) is 31.8 Å². The number of rotatable bonds is 7. The van der Waals surface area contributed by atoms with Gasteiger partial charge in [0, 0.05) is 34.7 Å². The molecule has 1 aliphatic heterocycles. The lowest BCUT2D eigenvalue weighted by Crippen LogP contribution is -2.31. The summed E-state index contributed by atoms with van der Waals surface area (Å²) in [5.74, 6) is -0.0849. The molecule has 0 fully saturated rings. The van der Waals surface area contributed by atoms with E-state index in [1.54, 1.807) is 48.5 Å². The third-order valence-electron chi connectivity index (χ3n) is 5.63. The summed E-state index contributed by atoms with van der Waals surface area (Å²) in [5, 5.41) is 1.15. The predicted octanol–water partition coefficient (Wildman–Crippen LogP) is 5.27. The lowest BCUT2D eigenvalue weighted by molar-refractivity contribution is 0.272. The molecule has 180 valence electrons. The molecule has 0 aromatic heterocycles. The van der Waals surface area contributed by atoms with Crippen LogP contribution in [0.3, 0.4) is 0 Å². The highest BCUT2D eigenvalue weighted by atomic mass is 35.5. The molecule has 0 aliphatic carbocycles. The highest BCUT2D eigenvalue weighted by molar-refractivity contribution is 7.92. The first-order chi connectivity index (χ1) is 16.1. The number of fused-ring (bicyclic) bond motifs is 1. The number of halogens is 2. The van der Waals surface area contributed by atoms with Crippen molar-refractivity contribution in [3.8, 4) is 0 Å². The molecule has 11 heteroatoms. The molecule has 2 atom stereocenters. The van der Waals surface area contributed by atoms with Gasteiger partial charge in [0.05, 0.1) is 11.5 Å². The molecular formula is C23H23Cl2N2O5PS. The van der Waals surface area contributed by atoms with E-state index in [2.05, 4.69) is 9.62 Å². The number of hydrogen-bond acceptors (Lipinski definition) is 5. The van der Waals surface area contributed by atoms with E-state index in [4.69, 9.17) is 32.6 Å². The van der Waals surface area contributed by atoms with Crippen molar-refractivity contribution in [2.24, 2.45) is 0 Å². The number of benzene rings is 3. The van der Waals surface area contributed by atoms with Crippen molar-refractivity contribution in [3.05, 3.63) is 93.0 Å². The van der Waals surface area contributed by atoms with Crippen LogP contribution in [0.5, 0.6) is 0 Å². The molecule has 2 N–H and O–H groups in total. The van der Waals surface area contributed by atoms with Crippen LogP contribution in [0.1, 0.15) is 28.2 Å². The molecule has 34 heavy (non-hydrogen) atoms. The fraction of sp³-hybridized carbons (Fsp3) is 0.217. The van der Waals surface area contributed by atoms with Crippen LogP contribution in [0.25, 0.3) is 0 Å². The standard InChI is InChI=1S/C23H23Cl2N2O5PS/c1-27-12-21(20-10-17(24)11-23(25)22(20)13-27)16-3-2-4-19(9-16)34(30,31)26-18-7-5-15(6-8-18)14-32-33(28)29/h2-11,21,26,33H,12-14H2,1H3,(H,28,29). The van der Waals surface area contributed by atoms with Crippen molar-refractivity contribution in [1.82, 2.24) is 4.90 Å². The van der Waals surface area contributed by atoms with Gasteiger partial charge in [0.2, 0.25) is 0 Å². The highest BCUT2D eigenvalue weighted by Crippen LogP contribution is 2.39. The van der Waals surface area contributed by atoms with Crippen LogP contribution in [0, 0.1) is 0 Å². The van der Waals surface area contributed by atoms with Gasteiger partial charge in [-0.2, -0.15) is 0 Å². The van der Waals surface area contributed by atoms with Crippen LogP contribution < -0.4 is 4.72 Å². The maximum atomic E-state index is 13.1. The molecular weight excluding hydrogens is 518 g/mol. The van der Waals surface area contributed by atoms with Crippen molar-refractivity contribution < 1.29 is 22.4 Å². The SMILES string of the molecule is CN1Cc2c(Cl)cc(Cl)cc2C(c2cccc(S(=O)(=O)Nc3ccc(CO[PH](=O)O)cc3)c2)C1. The Morgan fingerprint density at radius 1 is 1.15 bits per heavy atom. The van der Waals surface area contributed by atoms with Gasteiger partial charge in [-0.3, -0.25) is 9.29 Å². The molecule has 1 heterocycles. The molecule has 3 aromatic carbocycles. The Morgan fingerprint density at radius 3 is 2.59 bits per heavy atom. The minimum atomic E-state index is -3.85. The Balaban J connectivity index is 1.60. The summed E-state index contributed by atoms with van der Waals surface area (Å²) in [6.45, 7) is 1.36. The number of sulfonamides is 1. The molecule has 0 saturated carbocycles. The first-order valence-electron chi connectivity index (χ1n) is 10.4. The van der Waals surface area contributed by atoms with Gasteiger partial charge in [0.15, 0.2) is 0 Å². The Kier molecular flexibility index (Phi) is 7.69. The van der Waals surface area contributed by atoms with Crippen LogP contribution in [0.15, 0.2) is 65.6 Å². The Bertz CT molecular complexity index is 1340. The van der Waals surface area contributed by atoms with E-state index in [1.807, 2.05) is 19.2 Å². The van der Waals surface area contributed by atoms with E-state index >= 15 is 0 Å². The van der Waals surface area contributed by atoms with Gasteiger partial charge >= 0.3 is 8.25 Å². The van der Waals surface area contributed by atoms with E-state index in [1.165, 1.54) is 0 Å². The molecule has 0 amide bonds. The summed E-state index contributed by atoms with van der Waals surface area (Å²) < 4.78 is 44.2. The zero-order valence-corrected chi connectivity index (χ0v) is 21.5. The third-order valence-corrected chi connectivity index (χ3v) is 7.96. The second kappa shape index (κ2) is 10.4. The smallest absolute Gasteiger partial charge is 0.316 e. The molecule has 0 radical (unpaired) electrons. The molecule has 2 unspecified atom stereocenters. The summed E-state index contributed by atoms with van der Waals surface area (Å²) in [6.07, 6.45) is 0. The number of anilines is 1. The van der Waals surface area contributed by atoms with Gasteiger partial charge in [-0.15, -0.1) is 0 Å². The minimum Gasteiger partial charge on any atom is -0.326 e. The monoisotopic (exact) mass is 540 g/mol. The van der Waals surface area contributed by atoms with Crippen LogP contribution in [0.2, 0.25) is 10.0 Å². The molecule has 7 nitrogen and oxygen atoms in total. The van der Waals surface area contributed by atoms with E-state index in [-0.39, 0.29) is 17.4 Å².